The third-order valence-electron chi connectivity index (χ3n) is 4.56. The molecule has 0 bridgehead atoms. The minimum Gasteiger partial charge on any atom is -0.492 e. The van der Waals surface area contributed by atoms with Gasteiger partial charge in [-0.3, -0.25) is 9.69 Å². The van der Waals surface area contributed by atoms with E-state index < -0.39 is 11.7 Å². The molecule has 2 heterocycles. The van der Waals surface area contributed by atoms with Gasteiger partial charge in [0.2, 0.25) is 0 Å². The molecule has 8 heteroatoms. The molecule has 1 aromatic carbocycles. The van der Waals surface area contributed by atoms with E-state index in [1.165, 1.54) is 19.1 Å². The van der Waals surface area contributed by atoms with Crippen molar-refractivity contribution >= 4 is 28.6 Å². The van der Waals surface area contributed by atoms with Crippen LogP contribution in [0.3, 0.4) is 0 Å². The Balaban J connectivity index is 2.23. The predicted octanol–water partition coefficient (Wildman–Crippen LogP) is 4.01. The van der Waals surface area contributed by atoms with Crippen LogP contribution in [0, 0.1) is 0 Å². The van der Waals surface area contributed by atoms with Crippen molar-refractivity contribution in [2.24, 2.45) is 0 Å². The Kier molecular flexibility index (Phi) is 4.76. The van der Waals surface area contributed by atoms with Crippen LogP contribution < -0.4 is 15.0 Å². The lowest BCUT2D eigenvalue weighted by atomic mass is 10.00. The number of ether oxygens (including phenoxy) is 3. The quantitative estimate of drug-likeness (QED) is 0.832. The molecule has 1 aliphatic rings. The van der Waals surface area contributed by atoms with E-state index in [0.717, 1.165) is 0 Å². The number of nitrogens with one attached hydrogen (secondary N) is 1. The molecular weight excluding hydrogens is 372 g/mol. The summed E-state index contributed by atoms with van der Waals surface area (Å²) in [6.45, 7) is 7.42. The maximum atomic E-state index is 12.6. The van der Waals surface area contributed by atoms with Crippen LogP contribution in [0.1, 0.15) is 44.9 Å². The van der Waals surface area contributed by atoms with Gasteiger partial charge in [-0.1, -0.05) is 11.6 Å². The van der Waals surface area contributed by atoms with E-state index in [1.807, 2.05) is 6.92 Å². The Morgan fingerprint density at radius 3 is 2.44 bits per heavy atom. The van der Waals surface area contributed by atoms with E-state index >= 15 is 0 Å². The highest BCUT2D eigenvalue weighted by Crippen LogP contribution is 2.46. The fourth-order valence-electron chi connectivity index (χ4n) is 3.45. The number of methoxy groups -OCH3 is 2. The monoisotopic (exact) mass is 394 g/mol. The highest BCUT2D eigenvalue weighted by atomic mass is 35.5. The molecule has 1 amide bonds. The molecule has 0 saturated carbocycles. The Bertz CT molecular complexity index is 977. The average Bonchev–Trinajstić information content (AvgIpc) is 2.90. The third kappa shape index (κ3) is 3.20. The number of H-pyrrole nitrogens is 1. The number of pyridine rings is 1. The largest absolute Gasteiger partial charge is 0.492 e. The van der Waals surface area contributed by atoms with Crippen LogP contribution >= 0.6 is 11.6 Å². The number of rotatable bonds is 2. The standard InChI is InChI=1S/C19H23ClN2O5/c1-9-13-10(8-22(9)18(24)27-19(2,3)4)17(23)21-12-7-11(20)15(25-5)16(26-6)14(12)13/h7,9H,8H2,1-6H3,(H,21,23)/t9-/m0/s1. The Morgan fingerprint density at radius 1 is 1.26 bits per heavy atom. The summed E-state index contributed by atoms with van der Waals surface area (Å²) in [5.74, 6) is 0.800. The number of aromatic nitrogens is 1. The van der Waals surface area contributed by atoms with E-state index in [1.54, 1.807) is 26.8 Å². The Morgan fingerprint density at radius 2 is 1.89 bits per heavy atom. The second-order valence-corrected chi connectivity index (χ2v) is 7.89. The van der Waals surface area contributed by atoms with Crippen molar-refractivity contribution in [1.82, 2.24) is 9.88 Å². The fraction of sp³-hybridized carbons (Fsp3) is 0.474. The van der Waals surface area contributed by atoms with Crippen molar-refractivity contribution in [3.8, 4) is 11.5 Å². The molecule has 7 nitrogen and oxygen atoms in total. The van der Waals surface area contributed by atoms with Gasteiger partial charge in [0.05, 0.1) is 37.3 Å². The van der Waals surface area contributed by atoms with Gasteiger partial charge in [0.1, 0.15) is 5.60 Å². The number of benzene rings is 1. The van der Waals surface area contributed by atoms with E-state index in [4.69, 9.17) is 25.8 Å². The first kappa shape index (κ1) is 19.4. The van der Waals surface area contributed by atoms with Crippen LogP contribution in [0.5, 0.6) is 11.5 Å². The van der Waals surface area contributed by atoms with Gasteiger partial charge in [-0.15, -0.1) is 0 Å². The van der Waals surface area contributed by atoms with Crippen molar-refractivity contribution in [2.75, 3.05) is 14.2 Å². The molecule has 3 rings (SSSR count). The smallest absolute Gasteiger partial charge is 0.411 e. The average molecular weight is 395 g/mol. The molecule has 0 saturated heterocycles. The lowest BCUT2D eigenvalue weighted by Crippen LogP contribution is -2.35. The summed E-state index contributed by atoms with van der Waals surface area (Å²) in [4.78, 5) is 29.6. The van der Waals surface area contributed by atoms with E-state index in [-0.39, 0.29) is 18.1 Å². The molecule has 1 aliphatic heterocycles. The van der Waals surface area contributed by atoms with Gasteiger partial charge in [-0.05, 0) is 39.3 Å². The minimum absolute atomic E-state index is 0.158. The number of hydrogen-bond donors (Lipinski definition) is 1. The molecule has 0 spiro atoms. The number of nitrogens with zero attached hydrogens (tertiary/aromatic N) is 1. The van der Waals surface area contributed by atoms with Crippen LogP contribution in [-0.2, 0) is 11.3 Å². The van der Waals surface area contributed by atoms with Gasteiger partial charge >= 0.3 is 6.09 Å². The normalized spacial score (nSPS) is 16.4. The number of amides is 1. The maximum absolute atomic E-state index is 12.6. The molecule has 0 fully saturated rings. The summed E-state index contributed by atoms with van der Waals surface area (Å²) < 4.78 is 16.4. The van der Waals surface area contributed by atoms with E-state index in [0.29, 0.717) is 38.6 Å². The SMILES string of the molecule is COc1c(Cl)cc2[nH]c(=O)c3c(c2c1OC)[C@H](C)N(C(=O)OC(C)(C)C)C3. The topological polar surface area (TPSA) is 80.9 Å². The molecule has 146 valence electrons. The van der Waals surface area contributed by atoms with Crippen molar-refractivity contribution in [3.63, 3.8) is 0 Å². The lowest BCUT2D eigenvalue weighted by Gasteiger charge is -2.27. The first-order chi connectivity index (χ1) is 12.6. The van der Waals surface area contributed by atoms with Crippen LogP contribution in [0.25, 0.3) is 10.9 Å². The summed E-state index contributed by atoms with van der Waals surface area (Å²) in [6.07, 6.45) is -0.473. The van der Waals surface area contributed by atoms with Crippen LogP contribution in [0.15, 0.2) is 10.9 Å². The first-order valence-corrected chi connectivity index (χ1v) is 8.95. The van der Waals surface area contributed by atoms with Gasteiger partial charge in [0.15, 0.2) is 11.5 Å². The van der Waals surface area contributed by atoms with Crippen molar-refractivity contribution in [1.29, 1.82) is 0 Å². The Labute approximate surface area is 162 Å². The van der Waals surface area contributed by atoms with Gasteiger partial charge in [-0.2, -0.15) is 0 Å². The van der Waals surface area contributed by atoms with Crippen LogP contribution in [0.4, 0.5) is 4.79 Å². The van der Waals surface area contributed by atoms with Crippen LogP contribution in [0.2, 0.25) is 5.02 Å². The molecule has 0 unspecified atom stereocenters. The summed E-state index contributed by atoms with van der Waals surface area (Å²) in [7, 11) is 3.01. The minimum atomic E-state index is -0.630. The van der Waals surface area contributed by atoms with Gasteiger partial charge in [0.25, 0.3) is 5.56 Å². The summed E-state index contributed by atoms with van der Waals surface area (Å²) >= 11 is 6.27. The molecular formula is C19H23ClN2O5. The predicted molar refractivity (Wildman–Crippen MR) is 103 cm³/mol. The van der Waals surface area contributed by atoms with Gasteiger partial charge in [0, 0.05) is 10.9 Å². The number of carbonyl (C=O) groups excluding carboxylic acids is 1. The maximum Gasteiger partial charge on any atom is 0.411 e. The summed E-state index contributed by atoms with van der Waals surface area (Å²) in [5, 5.41) is 0.999. The highest BCUT2D eigenvalue weighted by molar-refractivity contribution is 6.33. The highest BCUT2D eigenvalue weighted by Gasteiger charge is 2.38. The molecule has 1 N–H and O–H groups in total. The van der Waals surface area contributed by atoms with Gasteiger partial charge in [-0.25, -0.2) is 4.79 Å². The number of fused-ring (bicyclic) bond motifs is 3. The summed E-state index contributed by atoms with van der Waals surface area (Å²) in [6, 6.07) is 1.25. The second-order valence-electron chi connectivity index (χ2n) is 7.48. The molecule has 0 radical (unpaired) electrons. The van der Waals surface area contributed by atoms with Crippen molar-refractivity contribution < 1.29 is 19.0 Å². The Hall–Kier alpha value is -2.41. The first-order valence-electron chi connectivity index (χ1n) is 8.58. The molecule has 0 aliphatic carbocycles. The number of carbonyl (C=O) groups is 1. The fourth-order valence-corrected chi connectivity index (χ4v) is 3.73. The van der Waals surface area contributed by atoms with Gasteiger partial charge < -0.3 is 19.2 Å². The number of halogens is 1. The number of hydrogen-bond acceptors (Lipinski definition) is 5. The molecule has 27 heavy (non-hydrogen) atoms. The zero-order chi connectivity index (χ0) is 20.1. The van der Waals surface area contributed by atoms with Crippen molar-refractivity contribution in [3.05, 3.63) is 32.6 Å². The van der Waals surface area contributed by atoms with E-state index in [9.17, 15) is 9.59 Å². The van der Waals surface area contributed by atoms with Crippen LogP contribution in [-0.4, -0.2) is 35.8 Å². The lowest BCUT2D eigenvalue weighted by molar-refractivity contribution is 0.0188. The molecule has 1 atom stereocenters. The molecule has 2 aromatic rings. The third-order valence-corrected chi connectivity index (χ3v) is 4.84. The zero-order valence-corrected chi connectivity index (χ0v) is 17.0. The summed E-state index contributed by atoms with van der Waals surface area (Å²) in [5.41, 5.74) is 0.849. The second kappa shape index (κ2) is 6.64. The van der Waals surface area contributed by atoms with Crippen molar-refractivity contribution in [2.45, 2.75) is 45.9 Å². The zero-order valence-electron chi connectivity index (χ0n) is 16.2. The van der Waals surface area contributed by atoms with E-state index in [2.05, 4.69) is 4.98 Å². The molecule has 1 aromatic heterocycles. The number of aromatic amines is 1.